The van der Waals surface area contributed by atoms with Gasteiger partial charge in [-0.1, -0.05) is 71.9 Å². The van der Waals surface area contributed by atoms with Crippen molar-refractivity contribution in [1.82, 2.24) is 0 Å². The van der Waals surface area contributed by atoms with E-state index in [0.29, 0.717) is 10.9 Å². The molecule has 2 rings (SSSR count). The van der Waals surface area contributed by atoms with Crippen LogP contribution in [0.15, 0.2) is 35.2 Å². The summed E-state index contributed by atoms with van der Waals surface area (Å²) >= 11 is 0. The van der Waals surface area contributed by atoms with Crippen molar-refractivity contribution in [2.75, 3.05) is 0 Å². The first-order valence-corrected chi connectivity index (χ1v) is 8.81. The molecule has 0 aliphatic carbocycles. The molecule has 0 spiro atoms. The Morgan fingerprint density at radius 1 is 0.870 bits per heavy atom. The third-order valence-corrected chi connectivity index (χ3v) is 4.86. The minimum absolute atomic E-state index is 0. The molecule has 0 aliphatic rings. The van der Waals surface area contributed by atoms with E-state index >= 15 is 0 Å². The summed E-state index contributed by atoms with van der Waals surface area (Å²) in [5.74, 6) is 0. The number of hydrogen-bond donors (Lipinski definition) is 1. The molecular formula is C18H24NaO3S. The van der Waals surface area contributed by atoms with E-state index in [0.717, 1.165) is 10.9 Å². The average molecular weight is 343 g/mol. The van der Waals surface area contributed by atoms with Crippen molar-refractivity contribution >= 4 is 50.4 Å². The van der Waals surface area contributed by atoms with Crippen LogP contribution >= 0.6 is 0 Å². The molecular weight excluding hydrogens is 319 g/mol. The van der Waals surface area contributed by atoms with Gasteiger partial charge in [0, 0.05) is 34.9 Å². The average Bonchev–Trinajstić information content (AvgIpc) is 2.33. The van der Waals surface area contributed by atoms with Crippen LogP contribution in [0.1, 0.15) is 52.7 Å². The van der Waals surface area contributed by atoms with Crippen molar-refractivity contribution < 1.29 is 13.0 Å². The summed E-state index contributed by atoms with van der Waals surface area (Å²) in [5.41, 5.74) is 1.37. The SMILES string of the molecule is CC(C)(C)c1ccc2c(S(=O)(=O)O)c(C(C)(C)C)ccc2c1.[Na]. The molecule has 0 bridgehead atoms. The van der Waals surface area contributed by atoms with Crippen LogP contribution in [-0.2, 0) is 20.9 Å². The van der Waals surface area contributed by atoms with Gasteiger partial charge in [-0.25, -0.2) is 0 Å². The van der Waals surface area contributed by atoms with Gasteiger partial charge < -0.3 is 0 Å². The summed E-state index contributed by atoms with van der Waals surface area (Å²) in [6.45, 7) is 12.1. The summed E-state index contributed by atoms with van der Waals surface area (Å²) in [7, 11) is -4.29. The smallest absolute Gasteiger partial charge is 0.282 e. The van der Waals surface area contributed by atoms with E-state index in [2.05, 4.69) is 20.8 Å². The van der Waals surface area contributed by atoms with Gasteiger partial charge in [-0.05, 0) is 27.3 Å². The Kier molecular flexibility index (Phi) is 5.83. The van der Waals surface area contributed by atoms with Gasteiger partial charge in [-0.3, -0.25) is 4.55 Å². The number of benzene rings is 2. The topological polar surface area (TPSA) is 54.4 Å². The Balaban J connectivity index is 0.00000264. The molecule has 23 heavy (non-hydrogen) atoms. The first-order valence-electron chi connectivity index (χ1n) is 7.37. The van der Waals surface area contributed by atoms with Gasteiger partial charge >= 0.3 is 0 Å². The molecule has 0 fully saturated rings. The van der Waals surface area contributed by atoms with Crippen LogP contribution in [0.25, 0.3) is 10.8 Å². The Morgan fingerprint density at radius 3 is 1.87 bits per heavy atom. The number of fused-ring (bicyclic) bond motifs is 1. The van der Waals surface area contributed by atoms with Gasteiger partial charge in [-0.2, -0.15) is 8.42 Å². The van der Waals surface area contributed by atoms with Crippen LogP contribution in [0.2, 0.25) is 0 Å². The predicted molar refractivity (Wildman–Crippen MR) is 96.9 cm³/mol. The molecule has 1 radical (unpaired) electrons. The molecule has 121 valence electrons. The largest absolute Gasteiger partial charge is 0.295 e. The zero-order chi connectivity index (χ0) is 16.9. The molecule has 0 saturated carbocycles. The van der Waals surface area contributed by atoms with E-state index < -0.39 is 10.1 Å². The van der Waals surface area contributed by atoms with Crippen LogP contribution in [-0.4, -0.2) is 42.5 Å². The monoisotopic (exact) mass is 343 g/mol. The number of hydrogen-bond acceptors (Lipinski definition) is 2. The third kappa shape index (κ3) is 4.37. The van der Waals surface area contributed by atoms with Gasteiger partial charge in [0.1, 0.15) is 4.90 Å². The van der Waals surface area contributed by atoms with Gasteiger partial charge in [0.05, 0.1) is 0 Å². The number of rotatable bonds is 1. The van der Waals surface area contributed by atoms with Gasteiger partial charge in [0.2, 0.25) is 0 Å². The van der Waals surface area contributed by atoms with Crippen molar-refractivity contribution in [2.45, 2.75) is 57.3 Å². The predicted octanol–water partition coefficient (Wildman–Crippen LogP) is 4.30. The van der Waals surface area contributed by atoms with Gasteiger partial charge in [0.15, 0.2) is 0 Å². The molecule has 0 saturated heterocycles. The quantitative estimate of drug-likeness (QED) is 0.620. The summed E-state index contributed by atoms with van der Waals surface area (Å²) in [5, 5.41) is 1.40. The zero-order valence-corrected chi connectivity index (χ0v) is 17.9. The summed E-state index contributed by atoms with van der Waals surface area (Å²) in [6, 6.07) is 9.46. The molecule has 0 aliphatic heterocycles. The fourth-order valence-electron chi connectivity index (χ4n) is 2.64. The van der Waals surface area contributed by atoms with Crippen molar-refractivity contribution in [2.24, 2.45) is 0 Å². The molecule has 2 aromatic carbocycles. The van der Waals surface area contributed by atoms with E-state index in [1.54, 1.807) is 12.1 Å². The normalized spacial score (nSPS) is 13.0. The molecule has 1 N–H and O–H groups in total. The Hall–Kier alpha value is -0.390. The molecule has 0 amide bonds. The standard InChI is InChI=1S/C18H24O3S.Na/c1-17(2,3)13-8-9-14-12(11-13)7-10-15(18(4,5)6)16(14)22(19,20)21;/h7-11H,1-6H3,(H,19,20,21);. The molecule has 0 unspecified atom stereocenters. The maximum absolute atomic E-state index is 12.0. The third-order valence-electron chi connectivity index (χ3n) is 3.90. The Morgan fingerprint density at radius 2 is 1.43 bits per heavy atom. The van der Waals surface area contributed by atoms with Crippen LogP contribution in [0.3, 0.4) is 0 Å². The first-order chi connectivity index (χ1) is 9.82. The van der Waals surface area contributed by atoms with Crippen molar-refractivity contribution in [3.05, 3.63) is 41.5 Å². The van der Waals surface area contributed by atoms with E-state index in [4.69, 9.17) is 0 Å². The van der Waals surface area contributed by atoms with Crippen molar-refractivity contribution in [3.63, 3.8) is 0 Å². The fourth-order valence-corrected chi connectivity index (χ4v) is 3.75. The fraction of sp³-hybridized carbons (Fsp3) is 0.444. The first kappa shape index (κ1) is 20.7. The van der Waals surface area contributed by atoms with Crippen molar-refractivity contribution in [1.29, 1.82) is 0 Å². The second kappa shape index (κ2) is 6.49. The van der Waals surface area contributed by atoms with Gasteiger partial charge in [-0.15, -0.1) is 0 Å². The zero-order valence-electron chi connectivity index (χ0n) is 15.1. The maximum atomic E-state index is 12.0. The van der Waals surface area contributed by atoms with E-state index in [9.17, 15) is 13.0 Å². The maximum Gasteiger partial charge on any atom is 0.295 e. The molecule has 2 aromatic rings. The van der Waals surface area contributed by atoms with Crippen LogP contribution in [0.4, 0.5) is 0 Å². The minimum Gasteiger partial charge on any atom is -0.282 e. The van der Waals surface area contributed by atoms with E-state index in [1.165, 1.54) is 0 Å². The summed E-state index contributed by atoms with van der Waals surface area (Å²) in [4.78, 5) is 0.0259. The van der Waals surface area contributed by atoms with Crippen LogP contribution in [0.5, 0.6) is 0 Å². The second-order valence-electron chi connectivity index (χ2n) is 7.85. The van der Waals surface area contributed by atoms with Crippen molar-refractivity contribution in [3.8, 4) is 0 Å². The molecule has 0 aromatic heterocycles. The molecule has 5 heteroatoms. The van der Waals surface area contributed by atoms with Crippen LogP contribution < -0.4 is 0 Å². The second-order valence-corrected chi connectivity index (χ2v) is 9.21. The Labute approximate surface area is 161 Å². The Bertz CT molecular complexity index is 826. The van der Waals surface area contributed by atoms with Gasteiger partial charge in [0.25, 0.3) is 10.1 Å². The minimum atomic E-state index is -4.29. The van der Waals surface area contributed by atoms with E-state index in [1.807, 2.05) is 39.0 Å². The van der Waals surface area contributed by atoms with E-state index in [-0.39, 0.29) is 45.3 Å². The molecule has 3 nitrogen and oxygen atoms in total. The molecule has 0 heterocycles. The summed E-state index contributed by atoms with van der Waals surface area (Å²) < 4.78 is 33.6. The van der Waals surface area contributed by atoms with Crippen LogP contribution in [0, 0.1) is 0 Å². The molecule has 0 atom stereocenters. The summed E-state index contributed by atoms with van der Waals surface area (Å²) in [6.07, 6.45) is 0.